The Bertz CT molecular complexity index is 2650. The Balaban J connectivity index is 1.49. The van der Waals surface area contributed by atoms with Gasteiger partial charge in [-0.2, -0.15) is 0 Å². The van der Waals surface area contributed by atoms with E-state index >= 15 is 0 Å². The zero-order valence-electron chi connectivity index (χ0n) is 32.8. The van der Waals surface area contributed by atoms with E-state index in [-0.39, 0.29) is 22.9 Å². The normalized spacial score (nSPS) is 13.6. The summed E-state index contributed by atoms with van der Waals surface area (Å²) in [6, 6.07) is 33.0. The Labute approximate surface area is 298 Å². The van der Waals surface area contributed by atoms with Crippen molar-refractivity contribution in [1.82, 2.24) is 19.5 Å². The van der Waals surface area contributed by atoms with Crippen molar-refractivity contribution in [3.05, 3.63) is 120 Å². The summed E-state index contributed by atoms with van der Waals surface area (Å²) >= 11 is 0. The van der Waals surface area contributed by atoms with Gasteiger partial charge in [0.2, 0.25) is 5.71 Å². The number of benzene rings is 4. The Morgan fingerprint density at radius 1 is 0.700 bits per heavy atom. The summed E-state index contributed by atoms with van der Waals surface area (Å²) in [4.78, 5) is 15.0. The van der Waals surface area contributed by atoms with Gasteiger partial charge in [-0.25, -0.2) is 9.97 Å². The Kier molecular flexibility index (Phi) is 6.82. The minimum Gasteiger partial charge on any atom is -0.437 e. The lowest BCUT2D eigenvalue weighted by Gasteiger charge is -2.24. The van der Waals surface area contributed by atoms with Gasteiger partial charge in [0.25, 0.3) is 0 Å². The second-order valence-electron chi connectivity index (χ2n) is 15.3. The van der Waals surface area contributed by atoms with Gasteiger partial charge >= 0.3 is 0 Å². The Morgan fingerprint density at radius 2 is 1.42 bits per heavy atom. The molecule has 0 N–H and O–H groups in total. The highest BCUT2D eigenvalue weighted by Crippen LogP contribution is 2.43. The summed E-state index contributed by atoms with van der Waals surface area (Å²) < 4.78 is 33.2. The van der Waals surface area contributed by atoms with Gasteiger partial charge in [0.1, 0.15) is 11.4 Å². The minimum absolute atomic E-state index is 0.0685. The molecule has 0 aliphatic carbocycles. The number of pyridine rings is 2. The Hall–Kier alpha value is -5.29. The number of para-hydroxylation sites is 1. The van der Waals surface area contributed by atoms with Crippen molar-refractivity contribution in [3.8, 4) is 28.2 Å². The van der Waals surface area contributed by atoms with Gasteiger partial charge in [0.15, 0.2) is 0 Å². The molecule has 4 heterocycles. The van der Waals surface area contributed by atoms with Crippen LogP contribution in [0.15, 0.2) is 101 Å². The summed E-state index contributed by atoms with van der Waals surface area (Å²) in [6.45, 7) is 13.3. The third-order valence-corrected chi connectivity index (χ3v) is 9.60. The van der Waals surface area contributed by atoms with Crippen LogP contribution in [-0.4, -0.2) is 19.5 Å². The first-order valence-electron chi connectivity index (χ1n) is 19.1. The van der Waals surface area contributed by atoms with E-state index in [4.69, 9.17) is 18.5 Å². The number of hydrogen-bond donors (Lipinski definition) is 0. The van der Waals surface area contributed by atoms with Crippen molar-refractivity contribution in [2.24, 2.45) is 5.41 Å². The maximum atomic E-state index is 8.06. The Morgan fingerprint density at radius 3 is 2.12 bits per heavy atom. The lowest BCUT2D eigenvalue weighted by Crippen LogP contribution is -2.10. The molecule has 8 rings (SSSR count). The topological polar surface area (TPSA) is 56.7 Å². The molecular weight excluding hydrogens is 613 g/mol. The van der Waals surface area contributed by atoms with Crippen molar-refractivity contribution in [3.63, 3.8) is 0 Å². The zero-order valence-corrected chi connectivity index (χ0v) is 29.8. The van der Waals surface area contributed by atoms with Crippen LogP contribution in [0.3, 0.4) is 0 Å². The highest BCUT2D eigenvalue weighted by Gasteiger charge is 2.27. The average Bonchev–Trinajstić information content (AvgIpc) is 3.68. The van der Waals surface area contributed by atoms with Gasteiger partial charge in [-0.3, -0.25) is 9.55 Å². The molecule has 0 aliphatic heterocycles. The molecule has 4 aromatic heterocycles. The number of imidazole rings is 1. The molecule has 0 spiro atoms. The summed E-state index contributed by atoms with van der Waals surface area (Å²) in [6.07, 6.45) is 0.835. The van der Waals surface area contributed by atoms with Crippen LogP contribution in [0.5, 0.6) is 0 Å². The molecule has 0 fully saturated rings. The first kappa shape index (κ1) is 28.5. The maximum absolute atomic E-state index is 8.06. The molecule has 0 radical (unpaired) electrons. The summed E-state index contributed by atoms with van der Waals surface area (Å²) in [5.74, 6) is 1.07. The van der Waals surface area contributed by atoms with Gasteiger partial charge in [-0.05, 0) is 107 Å². The first-order valence-corrected chi connectivity index (χ1v) is 17.6. The number of rotatable bonds is 6. The molecule has 0 saturated carbocycles. The van der Waals surface area contributed by atoms with Crippen LogP contribution in [0.2, 0.25) is 0 Å². The highest BCUT2D eigenvalue weighted by atomic mass is 16.3. The van der Waals surface area contributed by atoms with Crippen LogP contribution < -0.4 is 0 Å². The minimum atomic E-state index is -2.32. The van der Waals surface area contributed by atoms with Crippen LogP contribution in [-0.2, 0) is 6.42 Å². The molecule has 0 aliphatic rings. The van der Waals surface area contributed by atoms with Crippen molar-refractivity contribution < 1.29 is 8.53 Å². The van der Waals surface area contributed by atoms with Crippen LogP contribution >= 0.6 is 0 Å². The van der Waals surface area contributed by atoms with E-state index < -0.39 is 6.85 Å². The summed E-state index contributed by atoms with van der Waals surface area (Å²) in [7, 11) is 0. The third kappa shape index (κ3) is 5.45. The zero-order chi connectivity index (χ0) is 37.4. The second kappa shape index (κ2) is 11.9. The summed E-state index contributed by atoms with van der Waals surface area (Å²) in [5, 5.41) is 2.77. The van der Waals surface area contributed by atoms with Crippen molar-refractivity contribution in [2.45, 2.75) is 73.6 Å². The standard InChI is InChI=1S/C45H44N4O/c1-26(2)36-23-30(29-13-10-9-11-14-29)24-37(27(3)4)40(36)49-41-34-19-17-28(5)46-38(34)21-22-39(41)48-43(49)35-16-12-15-32-33-20-18-31(25-45(6,7)8)47-44(33)50-42(32)35/h9-24,26-27H,25H2,1-8H3/i5D3. The van der Waals surface area contributed by atoms with E-state index in [1.807, 2.05) is 24.3 Å². The van der Waals surface area contributed by atoms with Gasteiger partial charge in [-0.15, -0.1) is 0 Å². The predicted molar refractivity (Wildman–Crippen MR) is 208 cm³/mol. The lowest BCUT2D eigenvalue weighted by atomic mass is 9.88. The van der Waals surface area contributed by atoms with E-state index in [9.17, 15) is 0 Å². The predicted octanol–water partition coefficient (Wildman–Crippen LogP) is 12.3. The van der Waals surface area contributed by atoms with E-state index in [0.717, 1.165) is 73.1 Å². The van der Waals surface area contributed by atoms with Gasteiger partial charge in [0.05, 0.1) is 27.8 Å². The SMILES string of the molecule is [2H]C([2H])([2H])c1ccc2c(ccc3nc(-c4cccc5c4oc4nc(CC(C)(C)C)ccc45)n(-c4c(C(C)C)cc(-c5ccccc5)cc4C(C)C)c32)n1. The smallest absolute Gasteiger partial charge is 0.227 e. The number of fused-ring (bicyclic) bond motifs is 6. The maximum Gasteiger partial charge on any atom is 0.227 e. The monoisotopic (exact) mass is 659 g/mol. The van der Waals surface area contributed by atoms with Crippen molar-refractivity contribution in [1.29, 1.82) is 0 Å². The van der Waals surface area contributed by atoms with Gasteiger partial charge in [0, 0.05) is 31.7 Å². The molecule has 8 aromatic rings. The number of aromatic nitrogens is 4. The number of furan rings is 1. The number of aryl methyl sites for hydroxylation is 1. The lowest BCUT2D eigenvalue weighted by molar-refractivity contribution is 0.406. The van der Waals surface area contributed by atoms with E-state index in [1.54, 1.807) is 6.07 Å². The molecule has 50 heavy (non-hydrogen) atoms. The fourth-order valence-corrected chi connectivity index (χ4v) is 7.32. The second-order valence-corrected chi connectivity index (χ2v) is 15.3. The quantitative estimate of drug-likeness (QED) is 0.178. The third-order valence-electron chi connectivity index (χ3n) is 9.60. The van der Waals surface area contributed by atoms with E-state index in [1.165, 1.54) is 11.1 Å². The van der Waals surface area contributed by atoms with Crippen LogP contribution in [0.1, 0.15) is 86.9 Å². The van der Waals surface area contributed by atoms with Gasteiger partial charge < -0.3 is 4.42 Å². The molecule has 0 amide bonds. The first-order chi connectivity index (χ1) is 25.2. The molecular formula is C45H44N4O. The number of hydrogen-bond acceptors (Lipinski definition) is 4. The molecule has 250 valence electrons. The van der Waals surface area contributed by atoms with Crippen LogP contribution in [0, 0.1) is 12.3 Å². The van der Waals surface area contributed by atoms with Crippen molar-refractivity contribution >= 4 is 44.0 Å². The molecule has 0 unspecified atom stereocenters. The van der Waals surface area contributed by atoms with Crippen molar-refractivity contribution in [2.75, 3.05) is 0 Å². The largest absolute Gasteiger partial charge is 0.437 e. The molecule has 0 bridgehead atoms. The molecule has 0 saturated heterocycles. The fourth-order valence-electron chi connectivity index (χ4n) is 7.32. The summed E-state index contributed by atoms with van der Waals surface area (Å²) in [5.41, 5.74) is 11.4. The van der Waals surface area contributed by atoms with E-state index in [2.05, 4.69) is 125 Å². The molecule has 5 nitrogen and oxygen atoms in total. The molecule has 5 heteroatoms. The number of nitrogens with zero attached hydrogens (tertiary/aromatic N) is 4. The van der Waals surface area contributed by atoms with Crippen LogP contribution in [0.25, 0.3) is 72.2 Å². The average molecular weight is 660 g/mol. The fraction of sp³-hybridized carbons (Fsp3) is 0.267. The highest BCUT2D eigenvalue weighted by molar-refractivity contribution is 6.10. The van der Waals surface area contributed by atoms with Crippen LogP contribution in [0.4, 0.5) is 0 Å². The van der Waals surface area contributed by atoms with Gasteiger partial charge in [-0.1, -0.05) is 90.9 Å². The van der Waals surface area contributed by atoms with E-state index in [0.29, 0.717) is 11.2 Å². The molecule has 4 aromatic carbocycles. The molecule has 0 atom stereocenters.